The zero-order valence-electron chi connectivity index (χ0n) is 6.95. The molecule has 68 valence electrons. The second-order valence-electron chi connectivity index (χ2n) is 2.75. The second-order valence-corrected chi connectivity index (χ2v) is 4.18. The predicted octanol–water partition coefficient (Wildman–Crippen LogP) is 3.15. The molecule has 0 radical (unpaired) electrons. The monoisotopic (exact) mass is 221 g/mol. The number of halogens is 1. The van der Waals surface area contributed by atoms with Crippen LogP contribution in [0.2, 0.25) is 0 Å². The summed E-state index contributed by atoms with van der Waals surface area (Å²) in [6.07, 6.45) is 0. The summed E-state index contributed by atoms with van der Waals surface area (Å²) in [5.41, 5.74) is 0.587. The fourth-order valence-electron chi connectivity index (χ4n) is 1.21. The largest absolute Gasteiger partial charge is 0.275 e. The molecule has 2 rings (SSSR count). The van der Waals surface area contributed by atoms with Crippen LogP contribution in [-0.4, -0.2) is 5.24 Å². The SMILES string of the molecule is N#Cc1ccc2sc(C(=O)Cl)cc2c1. The Morgan fingerprint density at radius 1 is 1.43 bits per heavy atom. The molecule has 14 heavy (non-hydrogen) atoms. The van der Waals surface area contributed by atoms with Crippen LogP contribution in [-0.2, 0) is 0 Å². The fraction of sp³-hybridized carbons (Fsp3) is 0. The van der Waals surface area contributed by atoms with Crippen molar-refractivity contribution in [1.29, 1.82) is 5.26 Å². The molecule has 2 aromatic rings. The summed E-state index contributed by atoms with van der Waals surface area (Å²) in [6.45, 7) is 0. The van der Waals surface area contributed by atoms with Crippen LogP contribution in [0.4, 0.5) is 0 Å². The van der Waals surface area contributed by atoms with Crippen molar-refractivity contribution in [3.63, 3.8) is 0 Å². The molecule has 2 nitrogen and oxygen atoms in total. The molecule has 0 N–H and O–H groups in total. The molecular weight excluding hydrogens is 218 g/mol. The highest BCUT2D eigenvalue weighted by Crippen LogP contribution is 2.27. The van der Waals surface area contributed by atoms with E-state index in [0.29, 0.717) is 10.4 Å². The first-order chi connectivity index (χ1) is 6.70. The lowest BCUT2D eigenvalue weighted by molar-refractivity contribution is 0.108. The molecule has 4 heteroatoms. The molecule has 0 amide bonds. The van der Waals surface area contributed by atoms with Crippen molar-refractivity contribution in [2.45, 2.75) is 0 Å². The second kappa shape index (κ2) is 3.41. The van der Waals surface area contributed by atoms with Gasteiger partial charge in [-0.2, -0.15) is 5.26 Å². The molecule has 0 aliphatic carbocycles. The number of thiophene rings is 1. The van der Waals surface area contributed by atoms with E-state index < -0.39 is 5.24 Å². The quantitative estimate of drug-likeness (QED) is 0.694. The average molecular weight is 222 g/mol. The normalized spacial score (nSPS) is 10.0. The van der Waals surface area contributed by atoms with E-state index in [0.717, 1.165) is 10.1 Å². The number of nitriles is 1. The first-order valence-corrected chi connectivity index (χ1v) is 5.03. The molecule has 0 saturated heterocycles. The van der Waals surface area contributed by atoms with Gasteiger partial charge in [0.1, 0.15) is 0 Å². The third-order valence-corrected chi connectivity index (χ3v) is 3.27. The van der Waals surface area contributed by atoms with Crippen LogP contribution in [0.1, 0.15) is 15.2 Å². The van der Waals surface area contributed by atoms with Gasteiger partial charge in [0.05, 0.1) is 16.5 Å². The Morgan fingerprint density at radius 2 is 2.21 bits per heavy atom. The first kappa shape index (κ1) is 9.20. The molecule has 0 unspecified atom stereocenters. The minimum Gasteiger partial charge on any atom is -0.275 e. The van der Waals surface area contributed by atoms with Gasteiger partial charge >= 0.3 is 0 Å². The smallest absolute Gasteiger partial charge is 0.262 e. The Balaban J connectivity index is 2.67. The van der Waals surface area contributed by atoms with Crippen LogP contribution in [0.5, 0.6) is 0 Å². The third-order valence-electron chi connectivity index (χ3n) is 1.84. The Labute approximate surface area is 89.3 Å². The fourth-order valence-corrected chi connectivity index (χ4v) is 2.25. The van der Waals surface area contributed by atoms with Gasteiger partial charge in [-0.25, -0.2) is 0 Å². The van der Waals surface area contributed by atoms with Crippen molar-refractivity contribution in [2.24, 2.45) is 0 Å². The summed E-state index contributed by atoms with van der Waals surface area (Å²) in [4.78, 5) is 11.4. The molecule has 0 aliphatic heterocycles. The van der Waals surface area contributed by atoms with E-state index in [9.17, 15) is 4.79 Å². The summed E-state index contributed by atoms with van der Waals surface area (Å²) in [6, 6.07) is 9.04. The number of benzene rings is 1. The number of carbonyl (C=O) groups is 1. The molecule has 1 aromatic heterocycles. The van der Waals surface area contributed by atoms with E-state index in [2.05, 4.69) is 0 Å². The summed E-state index contributed by atoms with van der Waals surface area (Å²) in [5.74, 6) is 0. The Bertz CT molecular complexity index is 553. The van der Waals surface area contributed by atoms with Crippen LogP contribution in [0.3, 0.4) is 0 Å². The molecule has 0 saturated carbocycles. The average Bonchev–Trinajstić information content (AvgIpc) is 2.59. The highest BCUT2D eigenvalue weighted by atomic mass is 35.5. The summed E-state index contributed by atoms with van der Waals surface area (Å²) in [5, 5.41) is 9.11. The zero-order chi connectivity index (χ0) is 10.1. The van der Waals surface area contributed by atoms with Crippen molar-refractivity contribution >= 4 is 38.3 Å². The number of rotatable bonds is 1. The van der Waals surface area contributed by atoms with Crippen molar-refractivity contribution in [3.05, 3.63) is 34.7 Å². The Morgan fingerprint density at radius 3 is 2.86 bits per heavy atom. The van der Waals surface area contributed by atoms with Crippen LogP contribution in [0.15, 0.2) is 24.3 Å². The summed E-state index contributed by atoms with van der Waals surface area (Å²) in [7, 11) is 0. The van der Waals surface area contributed by atoms with E-state index in [1.807, 2.05) is 12.1 Å². The maximum Gasteiger partial charge on any atom is 0.262 e. The van der Waals surface area contributed by atoms with Crippen molar-refractivity contribution in [1.82, 2.24) is 0 Å². The van der Waals surface area contributed by atoms with Gasteiger partial charge in [0.2, 0.25) is 0 Å². The lowest BCUT2D eigenvalue weighted by Gasteiger charge is -1.87. The molecule has 0 aliphatic rings. The number of hydrogen-bond donors (Lipinski definition) is 0. The van der Waals surface area contributed by atoms with E-state index in [4.69, 9.17) is 16.9 Å². The van der Waals surface area contributed by atoms with Crippen LogP contribution in [0.25, 0.3) is 10.1 Å². The highest BCUT2D eigenvalue weighted by Gasteiger charge is 2.07. The van der Waals surface area contributed by atoms with E-state index in [1.54, 1.807) is 18.2 Å². The van der Waals surface area contributed by atoms with Gasteiger partial charge in [0, 0.05) is 4.70 Å². The van der Waals surface area contributed by atoms with Crippen LogP contribution in [0, 0.1) is 11.3 Å². The molecular formula is C10H4ClNOS. The van der Waals surface area contributed by atoms with Gasteiger partial charge in [-0.05, 0) is 41.3 Å². The van der Waals surface area contributed by atoms with Crippen LogP contribution < -0.4 is 0 Å². The standard InChI is InChI=1S/C10H4ClNOS/c11-10(13)9-4-7-3-6(5-12)1-2-8(7)14-9/h1-4H. The minimum absolute atomic E-state index is 0.454. The van der Waals surface area contributed by atoms with Crippen molar-refractivity contribution < 1.29 is 4.79 Å². The predicted molar refractivity (Wildman–Crippen MR) is 56.7 cm³/mol. The number of carbonyl (C=O) groups excluding carboxylic acids is 1. The number of nitrogens with zero attached hydrogens (tertiary/aromatic N) is 1. The maximum atomic E-state index is 10.9. The molecule has 1 aromatic carbocycles. The first-order valence-electron chi connectivity index (χ1n) is 3.84. The van der Waals surface area contributed by atoms with Crippen molar-refractivity contribution in [2.75, 3.05) is 0 Å². The van der Waals surface area contributed by atoms with Gasteiger partial charge < -0.3 is 0 Å². The topological polar surface area (TPSA) is 40.9 Å². The molecule has 1 heterocycles. The van der Waals surface area contributed by atoms with Gasteiger partial charge in [-0.3, -0.25) is 4.79 Å². The Hall–Kier alpha value is -1.37. The number of fused-ring (bicyclic) bond motifs is 1. The Kier molecular flexibility index (Phi) is 2.24. The van der Waals surface area contributed by atoms with Crippen LogP contribution >= 0.6 is 22.9 Å². The van der Waals surface area contributed by atoms with E-state index in [-0.39, 0.29) is 0 Å². The van der Waals surface area contributed by atoms with E-state index >= 15 is 0 Å². The minimum atomic E-state index is -0.454. The van der Waals surface area contributed by atoms with Gasteiger partial charge in [-0.1, -0.05) is 0 Å². The van der Waals surface area contributed by atoms with Crippen molar-refractivity contribution in [3.8, 4) is 6.07 Å². The highest BCUT2D eigenvalue weighted by molar-refractivity contribution is 7.22. The maximum absolute atomic E-state index is 10.9. The molecule has 0 bridgehead atoms. The summed E-state index contributed by atoms with van der Waals surface area (Å²) < 4.78 is 0.966. The molecule has 0 spiro atoms. The number of hydrogen-bond acceptors (Lipinski definition) is 3. The lowest BCUT2D eigenvalue weighted by Crippen LogP contribution is -1.78. The van der Waals surface area contributed by atoms with Gasteiger partial charge in [0.25, 0.3) is 5.24 Å². The van der Waals surface area contributed by atoms with Gasteiger partial charge in [0.15, 0.2) is 0 Å². The summed E-state index contributed by atoms with van der Waals surface area (Å²) >= 11 is 6.69. The third kappa shape index (κ3) is 1.50. The van der Waals surface area contributed by atoms with E-state index in [1.165, 1.54) is 11.3 Å². The van der Waals surface area contributed by atoms with Gasteiger partial charge in [-0.15, -0.1) is 11.3 Å². The molecule has 0 fully saturated rings. The molecule has 0 atom stereocenters. The lowest BCUT2D eigenvalue weighted by atomic mass is 10.2. The zero-order valence-corrected chi connectivity index (χ0v) is 8.52.